The number of ether oxygens (including phenoxy) is 1. The zero-order valence-corrected chi connectivity index (χ0v) is 12.9. The van der Waals surface area contributed by atoms with Gasteiger partial charge in [-0.15, -0.1) is 0 Å². The van der Waals surface area contributed by atoms with Gasteiger partial charge in [0.1, 0.15) is 5.75 Å². The Hall–Kier alpha value is -1.01. The number of aliphatic hydroxyl groups is 1. The number of sulfone groups is 1. The van der Waals surface area contributed by atoms with Crippen molar-refractivity contribution in [3.8, 4) is 5.75 Å². The largest absolute Gasteiger partial charge is 0.512 e. The van der Waals surface area contributed by atoms with Crippen molar-refractivity contribution >= 4 is 25.8 Å². The molecule has 0 saturated carbocycles. The number of hydrogen-bond acceptors (Lipinski definition) is 4. The Labute approximate surface area is 121 Å². The molecule has 0 amide bonds. The molecule has 1 atom stereocenters. The number of methoxy groups -OCH3 is 1. The van der Waals surface area contributed by atoms with Crippen LogP contribution in [0, 0.1) is 5.92 Å². The molecule has 1 unspecified atom stereocenters. The van der Waals surface area contributed by atoms with E-state index in [2.05, 4.69) is 15.9 Å². The molecule has 6 heteroatoms. The summed E-state index contributed by atoms with van der Waals surface area (Å²) < 4.78 is 29.1. The van der Waals surface area contributed by atoms with Gasteiger partial charge in [0.2, 0.25) is 0 Å². The van der Waals surface area contributed by atoms with Crippen LogP contribution in [-0.4, -0.2) is 32.1 Å². The van der Waals surface area contributed by atoms with Gasteiger partial charge < -0.3 is 9.84 Å². The minimum absolute atomic E-state index is 0.00101. The fourth-order valence-electron chi connectivity index (χ4n) is 2.12. The third-order valence-corrected chi connectivity index (χ3v) is 5.32. The van der Waals surface area contributed by atoms with E-state index in [0.29, 0.717) is 6.42 Å². The molecule has 0 saturated heterocycles. The fraction of sp³-hybridized carbons (Fsp3) is 0.385. The van der Waals surface area contributed by atoms with Crippen molar-refractivity contribution in [1.82, 2.24) is 0 Å². The van der Waals surface area contributed by atoms with Crippen LogP contribution in [0.4, 0.5) is 0 Å². The lowest BCUT2D eigenvalue weighted by atomic mass is 9.98. The van der Waals surface area contributed by atoms with Crippen LogP contribution in [-0.2, 0) is 16.3 Å². The normalized spacial score (nSPS) is 21.8. The fourth-order valence-corrected chi connectivity index (χ4v) is 4.17. The van der Waals surface area contributed by atoms with Crippen molar-refractivity contribution in [1.29, 1.82) is 0 Å². The molecule has 2 rings (SSSR count). The molecule has 1 aromatic rings. The zero-order valence-electron chi connectivity index (χ0n) is 10.5. The molecule has 104 valence electrons. The molecular weight excluding hydrogens is 332 g/mol. The Morgan fingerprint density at radius 3 is 2.84 bits per heavy atom. The van der Waals surface area contributed by atoms with Crippen molar-refractivity contribution < 1.29 is 18.3 Å². The van der Waals surface area contributed by atoms with Gasteiger partial charge in [0, 0.05) is 5.92 Å². The van der Waals surface area contributed by atoms with Crippen molar-refractivity contribution in [3.63, 3.8) is 0 Å². The van der Waals surface area contributed by atoms with Gasteiger partial charge in [-0.1, -0.05) is 6.07 Å². The van der Waals surface area contributed by atoms with Gasteiger partial charge in [0.15, 0.2) is 9.84 Å². The quantitative estimate of drug-likeness (QED) is 0.913. The first-order valence-corrected chi connectivity index (χ1v) is 8.44. The summed E-state index contributed by atoms with van der Waals surface area (Å²) in [5.74, 6) is 0.459. The van der Waals surface area contributed by atoms with Crippen LogP contribution >= 0.6 is 15.9 Å². The van der Waals surface area contributed by atoms with Crippen LogP contribution in [0.1, 0.15) is 5.56 Å². The summed E-state index contributed by atoms with van der Waals surface area (Å²) in [6.45, 7) is 0. The van der Waals surface area contributed by atoms with Crippen LogP contribution in [0.3, 0.4) is 0 Å². The highest BCUT2D eigenvalue weighted by Crippen LogP contribution is 2.28. The first-order chi connectivity index (χ1) is 8.91. The highest BCUT2D eigenvalue weighted by Gasteiger charge is 2.27. The molecular formula is C13H15BrO4S. The van der Waals surface area contributed by atoms with Gasteiger partial charge in [-0.25, -0.2) is 8.42 Å². The number of allylic oxidation sites excluding steroid dienone is 1. The summed E-state index contributed by atoms with van der Waals surface area (Å²) in [6.07, 6.45) is 1.88. The molecule has 0 radical (unpaired) electrons. The molecule has 0 fully saturated rings. The van der Waals surface area contributed by atoms with Gasteiger partial charge in [0.05, 0.1) is 28.8 Å². The van der Waals surface area contributed by atoms with E-state index in [1.807, 2.05) is 18.2 Å². The van der Waals surface area contributed by atoms with Gasteiger partial charge in [-0.3, -0.25) is 0 Å². The summed E-state index contributed by atoms with van der Waals surface area (Å²) in [7, 11) is -1.50. The lowest BCUT2D eigenvalue weighted by molar-refractivity contribution is 0.335. The average Bonchev–Trinajstić information content (AvgIpc) is 2.34. The molecule has 0 aliphatic carbocycles. The zero-order chi connectivity index (χ0) is 14.0. The van der Waals surface area contributed by atoms with Gasteiger partial charge >= 0.3 is 0 Å². The second kappa shape index (κ2) is 5.54. The van der Waals surface area contributed by atoms with Crippen LogP contribution in [0.15, 0.2) is 34.5 Å². The average molecular weight is 347 g/mol. The SMILES string of the molecule is COc1ccc(CC2CS(=O)(=O)CC=C2O)cc1Br. The smallest absolute Gasteiger partial charge is 0.154 e. The maximum absolute atomic E-state index is 11.6. The number of aliphatic hydroxyl groups excluding tert-OH is 1. The lowest BCUT2D eigenvalue weighted by Crippen LogP contribution is -2.26. The maximum Gasteiger partial charge on any atom is 0.154 e. The summed E-state index contributed by atoms with van der Waals surface area (Å²) in [5, 5.41) is 9.79. The number of rotatable bonds is 3. The summed E-state index contributed by atoms with van der Waals surface area (Å²) in [5.41, 5.74) is 0.953. The Morgan fingerprint density at radius 2 is 2.21 bits per heavy atom. The standard InChI is InChI=1S/C13H15BrO4S/c1-18-13-3-2-9(7-11(13)14)6-10-8-19(16,17)5-4-12(10)15/h2-4,7,10,15H,5-6,8H2,1H3. The van der Waals surface area contributed by atoms with Gasteiger partial charge in [-0.2, -0.15) is 0 Å². The van der Waals surface area contributed by atoms with Crippen LogP contribution in [0.2, 0.25) is 0 Å². The van der Waals surface area contributed by atoms with Crippen LogP contribution in [0.5, 0.6) is 5.75 Å². The molecule has 4 nitrogen and oxygen atoms in total. The molecule has 1 aromatic carbocycles. The molecule has 0 bridgehead atoms. The summed E-state index contributed by atoms with van der Waals surface area (Å²) >= 11 is 3.39. The molecule has 0 spiro atoms. The van der Waals surface area contributed by atoms with E-state index in [-0.39, 0.29) is 23.2 Å². The first kappa shape index (κ1) is 14.4. The summed E-state index contributed by atoms with van der Waals surface area (Å²) in [6, 6.07) is 5.57. The molecule has 1 aliphatic rings. The van der Waals surface area contributed by atoms with Gasteiger partial charge in [-0.05, 0) is 46.1 Å². The Morgan fingerprint density at radius 1 is 1.47 bits per heavy atom. The summed E-state index contributed by atoms with van der Waals surface area (Å²) in [4.78, 5) is 0. The maximum atomic E-state index is 11.6. The first-order valence-electron chi connectivity index (χ1n) is 5.83. The monoisotopic (exact) mass is 346 g/mol. The second-order valence-corrected chi connectivity index (χ2v) is 7.58. The Bertz CT molecular complexity index is 607. The van der Waals surface area contributed by atoms with E-state index in [1.165, 1.54) is 6.08 Å². The highest BCUT2D eigenvalue weighted by atomic mass is 79.9. The van der Waals surface area contributed by atoms with Crippen molar-refractivity contribution in [3.05, 3.63) is 40.1 Å². The highest BCUT2D eigenvalue weighted by molar-refractivity contribution is 9.10. The number of hydrogen-bond donors (Lipinski definition) is 1. The van der Waals surface area contributed by atoms with Crippen LogP contribution in [0.25, 0.3) is 0 Å². The predicted molar refractivity (Wildman–Crippen MR) is 77.3 cm³/mol. The van der Waals surface area contributed by atoms with E-state index in [1.54, 1.807) is 7.11 Å². The minimum Gasteiger partial charge on any atom is -0.512 e. The van der Waals surface area contributed by atoms with E-state index < -0.39 is 9.84 Å². The van der Waals surface area contributed by atoms with Crippen molar-refractivity contribution in [2.24, 2.45) is 5.92 Å². The van der Waals surface area contributed by atoms with Crippen LogP contribution < -0.4 is 4.74 Å². The molecule has 19 heavy (non-hydrogen) atoms. The molecule has 1 heterocycles. The predicted octanol–water partition coefficient (Wildman–Crippen LogP) is 2.49. The van der Waals surface area contributed by atoms with Crippen molar-refractivity contribution in [2.75, 3.05) is 18.6 Å². The molecule has 0 aromatic heterocycles. The third-order valence-electron chi connectivity index (χ3n) is 3.12. The van der Waals surface area contributed by atoms with E-state index in [0.717, 1.165) is 15.8 Å². The van der Waals surface area contributed by atoms with E-state index in [4.69, 9.17) is 4.74 Å². The molecule has 1 aliphatic heterocycles. The lowest BCUT2D eigenvalue weighted by Gasteiger charge is -2.20. The number of halogens is 1. The third kappa shape index (κ3) is 3.51. The second-order valence-electron chi connectivity index (χ2n) is 4.58. The topological polar surface area (TPSA) is 63.6 Å². The van der Waals surface area contributed by atoms with Gasteiger partial charge in [0.25, 0.3) is 0 Å². The van der Waals surface area contributed by atoms with E-state index >= 15 is 0 Å². The minimum atomic E-state index is -3.08. The molecule has 1 N–H and O–H groups in total. The number of benzene rings is 1. The Balaban J connectivity index is 2.19. The van der Waals surface area contributed by atoms with Crippen molar-refractivity contribution in [2.45, 2.75) is 6.42 Å². The Kier molecular flexibility index (Phi) is 4.20. The van der Waals surface area contributed by atoms with E-state index in [9.17, 15) is 13.5 Å².